The average molecular weight is 267 g/mol. The molecule has 0 aromatic heterocycles. The minimum atomic E-state index is -0.540. The predicted molar refractivity (Wildman–Crippen MR) is 45.8 cm³/mol. The van der Waals surface area contributed by atoms with Crippen molar-refractivity contribution in [2.24, 2.45) is 0 Å². The van der Waals surface area contributed by atoms with Crippen LogP contribution in [0.25, 0.3) is 0 Å². The van der Waals surface area contributed by atoms with Gasteiger partial charge in [-0.3, -0.25) is 10.1 Å². The minimum Gasteiger partial charge on any atom is -0.258 e. The number of benzene rings is 1. The molecular weight excluding hydrogens is 264 g/mol. The van der Waals surface area contributed by atoms with Crippen LogP contribution in [0.5, 0.6) is 0 Å². The van der Waals surface area contributed by atoms with Gasteiger partial charge in [0.15, 0.2) is 0 Å². The fraction of sp³-hybridized carbons (Fsp3) is 0. The molecule has 1 aromatic rings. The second-order valence-electron chi connectivity index (χ2n) is 1.85. The molecule has 0 saturated heterocycles. The van der Waals surface area contributed by atoms with E-state index in [9.17, 15) is 14.5 Å². The van der Waals surface area contributed by atoms with Crippen LogP contribution in [-0.2, 0) is 0 Å². The fourth-order valence-electron chi connectivity index (χ4n) is 0.629. The molecule has 11 heavy (non-hydrogen) atoms. The number of halogens is 2. The molecule has 1 rings (SSSR count). The predicted octanol–water partition coefficient (Wildman–Crippen LogP) is 2.34. The van der Waals surface area contributed by atoms with Crippen molar-refractivity contribution >= 4 is 28.3 Å². The van der Waals surface area contributed by atoms with Crippen molar-refractivity contribution in [3.05, 3.63) is 37.7 Å². The van der Waals surface area contributed by atoms with E-state index in [4.69, 9.17) is 0 Å². The quantitative estimate of drug-likeness (QED) is 0.445. The van der Waals surface area contributed by atoms with Crippen LogP contribution < -0.4 is 0 Å². The van der Waals surface area contributed by atoms with Crippen LogP contribution >= 0.6 is 22.6 Å². The SMILES string of the molecule is O=[N+]([O-])c1ccc(F)cc1I. The highest BCUT2D eigenvalue weighted by Gasteiger charge is 2.10. The third kappa shape index (κ3) is 1.86. The van der Waals surface area contributed by atoms with Crippen molar-refractivity contribution in [2.45, 2.75) is 0 Å². The van der Waals surface area contributed by atoms with Crippen LogP contribution in [0.1, 0.15) is 0 Å². The zero-order valence-electron chi connectivity index (χ0n) is 5.25. The summed E-state index contributed by atoms with van der Waals surface area (Å²) in [6.45, 7) is 0. The van der Waals surface area contributed by atoms with Gasteiger partial charge in [0.2, 0.25) is 0 Å². The van der Waals surface area contributed by atoms with E-state index in [2.05, 4.69) is 0 Å². The van der Waals surface area contributed by atoms with E-state index in [0.717, 1.165) is 18.2 Å². The summed E-state index contributed by atoms with van der Waals surface area (Å²) in [6, 6.07) is 3.34. The number of rotatable bonds is 1. The van der Waals surface area contributed by atoms with Crippen molar-refractivity contribution in [1.82, 2.24) is 0 Å². The first-order valence-electron chi connectivity index (χ1n) is 2.70. The Morgan fingerprint density at radius 1 is 1.55 bits per heavy atom. The summed E-state index contributed by atoms with van der Waals surface area (Å²) in [6.07, 6.45) is 0. The molecule has 0 amide bonds. The second kappa shape index (κ2) is 3.12. The summed E-state index contributed by atoms with van der Waals surface area (Å²) in [5.74, 6) is -0.458. The summed E-state index contributed by atoms with van der Waals surface area (Å²) >= 11 is 1.72. The van der Waals surface area contributed by atoms with Crippen LogP contribution in [0.15, 0.2) is 18.2 Å². The molecule has 0 fully saturated rings. The zero-order chi connectivity index (χ0) is 8.43. The van der Waals surface area contributed by atoms with Crippen LogP contribution in [0.2, 0.25) is 0 Å². The maximum absolute atomic E-state index is 12.4. The summed E-state index contributed by atoms with van der Waals surface area (Å²) < 4.78 is 12.7. The van der Waals surface area contributed by atoms with Crippen molar-refractivity contribution in [1.29, 1.82) is 0 Å². The molecule has 0 atom stereocenters. The van der Waals surface area contributed by atoms with Crippen molar-refractivity contribution in [3.63, 3.8) is 0 Å². The van der Waals surface area contributed by atoms with E-state index in [1.165, 1.54) is 0 Å². The summed E-state index contributed by atoms with van der Waals surface area (Å²) in [5, 5.41) is 10.2. The molecule has 1 aromatic carbocycles. The van der Waals surface area contributed by atoms with Crippen LogP contribution in [0, 0.1) is 19.5 Å². The van der Waals surface area contributed by atoms with Gasteiger partial charge in [-0.05, 0) is 34.7 Å². The molecule has 0 aliphatic heterocycles. The maximum Gasteiger partial charge on any atom is 0.282 e. The first-order valence-corrected chi connectivity index (χ1v) is 3.78. The third-order valence-electron chi connectivity index (χ3n) is 1.11. The zero-order valence-corrected chi connectivity index (χ0v) is 7.41. The van der Waals surface area contributed by atoms with E-state index >= 15 is 0 Å². The Hall–Kier alpha value is -0.720. The van der Waals surface area contributed by atoms with Gasteiger partial charge in [-0.15, -0.1) is 0 Å². The second-order valence-corrected chi connectivity index (χ2v) is 3.02. The monoisotopic (exact) mass is 267 g/mol. The molecule has 0 unspecified atom stereocenters. The number of hydrogen-bond donors (Lipinski definition) is 0. The molecule has 3 nitrogen and oxygen atoms in total. The van der Waals surface area contributed by atoms with E-state index in [0.29, 0.717) is 3.57 Å². The lowest BCUT2D eigenvalue weighted by atomic mass is 10.3. The van der Waals surface area contributed by atoms with Crippen molar-refractivity contribution in [3.8, 4) is 0 Å². The highest BCUT2D eigenvalue weighted by molar-refractivity contribution is 14.1. The normalized spacial score (nSPS) is 9.64. The molecule has 5 heteroatoms. The van der Waals surface area contributed by atoms with Crippen LogP contribution in [-0.4, -0.2) is 4.92 Å². The molecule has 0 saturated carbocycles. The topological polar surface area (TPSA) is 43.1 Å². The summed E-state index contributed by atoms with van der Waals surface area (Å²) in [4.78, 5) is 9.67. The Balaban J connectivity index is 3.20. The van der Waals surface area contributed by atoms with Gasteiger partial charge >= 0.3 is 0 Å². The Kier molecular flexibility index (Phi) is 2.38. The van der Waals surface area contributed by atoms with Gasteiger partial charge in [0.05, 0.1) is 8.49 Å². The van der Waals surface area contributed by atoms with Crippen molar-refractivity contribution in [2.75, 3.05) is 0 Å². The molecule has 0 radical (unpaired) electrons. The smallest absolute Gasteiger partial charge is 0.258 e. The molecule has 0 aliphatic rings. The lowest BCUT2D eigenvalue weighted by molar-refractivity contribution is -0.385. The largest absolute Gasteiger partial charge is 0.282 e. The van der Waals surface area contributed by atoms with Crippen LogP contribution in [0.4, 0.5) is 10.1 Å². The first kappa shape index (κ1) is 8.38. The van der Waals surface area contributed by atoms with Gasteiger partial charge in [0.1, 0.15) is 5.82 Å². The number of nitrogens with zero attached hydrogens (tertiary/aromatic N) is 1. The number of hydrogen-bond acceptors (Lipinski definition) is 2. The summed E-state index contributed by atoms with van der Waals surface area (Å²) in [5.41, 5.74) is -0.0630. The van der Waals surface area contributed by atoms with Gasteiger partial charge < -0.3 is 0 Å². The standard InChI is InChI=1S/C6H3FINO2/c7-4-1-2-6(9(10)11)5(8)3-4/h1-3H. The van der Waals surface area contributed by atoms with Gasteiger partial charge in [-0.25, -0.2) is 4.39 Å². The van der Waals surface area contributed by atoms with E-state index in [-0.39, 0.29) is 5.69 Å². The average Bonchev–Trinajstić information content (AvgIpc) is 1.85. The molecule has 0 heterocycles. The maximum atomic E-state index is 12.4. The molecule has 58 valence electrons. The Morgan fingerprint density at radius 2 is 2.18 bits per heavy atom. The molecule has 0 aliphatic carbocycles. The number of nitro groups is 1. The molecule has 0 spiro atoms. The molecule has 0 bridgehead atoms. The Morgan fingerprint density at radius 3 is 2.64 bits per heavy atom. The highest BCUT2D eigenvalue weighted by atomic mass is 127. The van der Waals surface area contributed by atoms with Gasteiger partial charge in [0.25, 0.3) is 5.69 Å². The highest BCUT2D eigenvalue weighted by Crippen LogP contribution is 2.20. The van der Waals surface area contributed by atoms with Crippen LogP contribution in [0.3, 0.4) is 0 Å². The van der Waals surface area contributed by atoms with Gasteiger partial charge in [-0.1, -0.05) is 0 Å². The third-order valence-corrected chi connectivity index (χ3v) is 1.97. The Labute approximate surface area is 75.5 Å². The van der Waals surface area contributed by atoms with Gasteiger partial charge in [-0.2, -0.15) is 0 Å². The van der Waals surface area contributed by atoms with E-state index in [1.807, 2.05) is 0 Å². The Bertz CT molecular complexity index is 303. The lowest BCUT2D eigenvalue weighted by Crippen LogP contribution is -1.91. The lowest BCUT2D eigenvalue weighted by Gasteiger charge is -1.93. The van der Waals surface area contributed by atoms with Gasteiger partial charge in [0, 0.05) is 6.07 Å². The first-order chi connectivity index (χ1) is 5.11. The molecular formula is C6H3FINO2. The summed E-state index contributed by atoms with van der Waals surface area (Å²) in [7, 11) is 0. The van der Waals surface area contributed by atoms with Crippen molar-refractivity contribution < 1.29 is 9.31 Å². The van der Waals surface area contributed by atoms with E-state index in [1.54, 1.807) is 22.6 Å². The molecule has 0 N–H and O–H groups in total. The fourth-order valence-corrected chi connectivity index (χ4v) is 1.30. The number of nitro benzene ring substituents is 1. The van der Waals surface area contributed by atoms with E-state index < -0.39 is 10.7 Å². The minimum absolute atomic E-state index is 0.0630.